The maximum Gasteiger partial charge on any atom is 0.375 e. The second-order valence-corrected chi connectivity index (χ2v) is 5.38. The molecule has 0 bridgehead atoms. The number of carbonyl (C=O) groups excluding carboxylic acids is 6. The zero-order valence-corrected chi connectivity index (χ0v) is 14.1. The van der Waals surface area contributed by atoms with Gasteiger partial charge in [-0.3, -0.25) is 24.0 Å². The number of hydrogen-bond donors (Lipinski definition) is 0. The molecule has 0 aromatic carbocycles. The lowest BCUT2D eigenvalue weighted by atomic mass is 9.96. The minimum Gasteiger partial charge on any atom is -0.469 e. The lowest BCUT2D eigenvalue weighted by Gasteiger charge is -2.05. The third-order valence-electron chi connectivity index (χ3n) is 3.71. The summed E-state index contributed by atoms with van der Waals surface area (Å²) in [6.07, 6.45) is 4.50. The lowest BCUT2D eigenvalue weighted by Crippen LogP contribution is -2.33. The quantitative estimate of drug-likeness (QED) is 0.192. The first kappa shape index (κ1) is 20.4. The smallest absolute Gasteiger partial charge is 0.375 e. The number of ketones is 4. The molecule has 0 amide bonds. The Morgan fingerprint density at radius 2 is 1.76 bits per heavy atom. The largest absolute Gasteiger partial charge is 0.469 e. The molecule has 1 fully saturated rings. The van der Waals surface area contributed by atoms with Gasteiger partial charge >= 0.3 is 11.9 Å². The van der Waals surface area contributed by atoms with Crippen LogP contribution in [0.1, 0.15) is 32.6 Å². The van der Waals surface area contributed by atoms with Crippen molar-refractivity contribution in [1.82, 2.24) is 0 Å². The molecular formula is C17H20O8. The summed E-state index contributed by atoms with van der Waals surface area (Å²) in [7, 11) is 1.29. The summed E-state index contributed by atoms with van der Waals surface area (Å²) in [5, 5.41) is 0. The molecule has 1 saturated carbocycles. The molecule has 8 nitrogen and oxygen atoms in total. The number of methoxy groups -OCH3 is 1. The molecule has 0 aliphatic heterocycles. The van der Waals surface area contributed by atoms with Gasteiger partial charge in [-0.2, -0.15) is 0 Å². The van der Waals surface area contributed by atoms with Crippen LogP contribution in [0.4, 0.5) is 0 Å². The Balaban J connectivity index is 2.61. The van der Waals surface area contributed by atoms with Crippen molar-refractivity contribution in [2.75, 3.05) is 13.7 Å². The molecule has 1 aliphatic carbocycles. The molecule has 0 aromatic rings. The monoisotopic (exact) mass is 352 g/mol. The molecule has 1 rings (SSSR count). The zero-order valence-electron chi connectivity index (χ0n) is 14.1. The second-order valence-electron chi connectivity index (χ2n) is 5.38. The fraction of sp³-hybridized carbons (Fsp3) is 0.529. The van der Waals surface area contributed by atoms with Gasteiger partial charge in [0.15, 0.2) is 11.7 Å². The third kappa shape index (κ3) is 5.17. The van der Waals surface area contributed by atoms with Crippen LogP contribution in [-0.4, -0.2) is 48.8 Å². The lowest BCUT2D eigenvalue weighted by molar-refractivity contribution is -0.157. The molecule has 2 atom stereocenters. The topological polar surface area (TPSA) is 121 Å². The van der Waals surface area contributed by atoms with Gasteiger partial charge in [0.2, 0.25) is 11.6 Å². The van der Waals surface area contributed by atoms with Crippen LogP contribution in [0.15, 0.2) is 12.2 Å². The summed E-state index contributed by atoms with van der Waals surface area (Å²) in [6, 6.07) is 0. The van der Waals surface area contributed by atoms with Crippen LogP contribution in [0.25, 0.3) is 0 Å². The molecule has 0 radical (unpaired) electrons. The summed E-state index contributed by atoms with van der Waals surface area (Å²) in [5.41, 5.74) is 0. The summed E-state index contributed by atoms with van der Waals surface area (Å²) in [4.78, 5) is 70.1. The second kappa shape index (κ2) is 9.61. The minimum atomic E-state index is -1.88. The normalized spacial score (nSPS) is 20.2. The molecule has 0 aromatic heterocycles. The van der Waals surface area contributed by atoms with Crippen molar-refractivity contribution in [2.24, 2.45) is 11.8 Å². The Morgan fingerprint density at radius 3 is 2.36 bits per heavy atom. The first-order chi connectivity index (χ1) is 11.8. The number of rotatable bonds is 9. The average molecular weight is 352 g/mol. The van der Waals surface area contributed by atoms with Gasteiger partial charge in [-0.05, 0) is 26.2 Å². The predicted molar refractivity (Wildman–Crippen MR) is 83.3 cm³/mol. The summed E-state index contributed by atoms with van der Waals surface area (Å²) >= 11 is 0. The third-order valence-corrected chi connectivity index (χ3v) is 3.71. The van der Waals surface area contributed by atoms with E-state index >= 15 is 0 Å². The number of hydrogen-bond acceptors (Lipinski definition) is 8. The van der Waals surface area contributed by atoms with Crippen LogP contribution in [0.5, 0.6) is 0 Å². The van der Waals surface area contributed by atoms with Crippen molar-refractivity contribution in [2.45, 2.75) is 32.6 Å². The van der Waals surface area contributed by atoms with E-state index in [4.69, 9.17) is 0 Å². The molecular weight excluding hydrogens is 332 g/mol. The van der Waals surface area contributed by atoms with E-state index in [1.165, 1.54) is 14.0 Å². The summed E-state index contributed by atoms with van der Waals surface area (Å²) in [5.74, 6) is -9.06. The van der Waals surface area contributed by atoms with Crippen LogP contribution in [0, 0.1) is 11.8 Å². The van der Waals surface area contributed by atoms with Crippen LogP contribution in [-0.2, 0) is 38.2 Å². The highest BCUT2D eigenvalue weighted by molar-refractivity contribution is 6.60. The van der Waals surface area contributed by atoms with E-state index in [2.05, 4.69) is 9.47 Å². The van der Waals surface area contributed by atoms with E-state index in [9.17, 15) is 28.8 Å². The number of unbranched alkanes of at least 4 members (excludes halogenated alkanes) is 1. The number of ether oxygens (including phenoxy) is 2. The molecule has 1 aliphatic rings. The highest BCUT2D eigenvalue weighted by atomic mass is 16.5. The van der Waals surface area contributed by atoms with E-state index in [-0.39, 0.29) is 25.4 Å². The van der Waals surface area contributed by atoms with Gasteiger partial charge < -0.3 is 9.47 Å². The van der Waals surface area contributed by atoms with E-state index in [1.54, 1.807) is 12.2 Å². The molecule has 25 heavy (non-hydrogen) atoms. The fourth-order valence-electron chi connectivity index (χ4n) is 2.38. The SMILES string of the molecule is CCOC(=O)C(=O)C1C(=O)C(=O)C(C/C=C\CCCC(=O)OC)C1=O. The summed E-state index contributed by atoms with van der Waals surface area (Å²) < 4.78 is 8.97. The van der Waals surface area contributed by atoms with Crippen molar-refractivity contribution < 1.29 is 38.2 Å². The van der Waals surface area contributed by atoms with Crippen molar-refractivity contribution in [1.29, 1.82) is 0 Å². The molecule has 0 N–H and O–H groups in total. The van der Waals surface area contributed by atoms with Crippen molar-refractivity contribution in [3.8, 4) is 0 Å². The Bertz CT molecular complexity index is 616. The average Bonchev–Trinajstić information content (AvgIpc) is 2.80. The molecule has 8 heteroatoms. The maximum atomic E-state index is 12.2. The zero-order chi connectivity index (χ0) is 19.0. The van der Waals surface area contributed by atoms with E-state index < -0.39 is 40.9 Å². The molecule has 2 unspecified atom stereocenters. The van der Waals surface area contributed by atoms with Gasteiger partial charge in [0, 0.05) is 6.42 Å². The van der Waals surface area contributed by atoms with Gasteiger partial charge in [-0.25, -0.2) is 4.79 Å². The van der Waals surface area contributed by atoms with Crippen molar-refractivity contribution in [3.05, 3.63) is 12.2 Å². The fourth-order valence-corrected chi connectivity index (χ4v) is 2.38. The Labute approximate surface area is 144 Å². The minimum absolute atomic E-state index is 0.0335. The van der Waals surface area contributed by atoms with Crippen molar-refractivity contribution in [3.63, 3.8) is 0 Å². The van der Waals surface area contributed by atoms with Crippen LogP contribution in [0.2, 0.25) is 0 Å². The Kier molecular flexibility index (Phi) is 7.84. The van der Waals surface area contributed by atoms with Crippen LogP contribution in [0.3, 0.4) is 0 Å². The van der Waals surface area contributed by atoms with E-state index in [1.807, 2.05) is 0 Å². The molecule has 0 saturated heterocycles. The standard InChI is InChI=1S/C17H20O8/c1-3-25-17(23)16(22)12-13(19)10(14(20)15(12)21)8-6-4-5-7-9-11(18)24-2/h4,6,10,12H,3,5,7-9H2,1-2H3/b6-4-. The predicted octanol–water partition coefficient (Wildman–Crippen LogP) is 0.361. The van der Waals surface area contributed by atoms with Crippen molar-refractivity contribution >= 4 is 35.1 Å². The van der Waals surface area contributed by atoms with E-state index in [0.29, 0.717) is 12.8 Å². The van der Waals surface area contributed by atoms with Crippen LogP contribution >= 0.6 is 0 Å². The van der Waals surface area contributed by atoms with Crippen LogP contribution < -0.4 is 0 Å². The number of carbonyl (C=O) groups is 6. The van der Waals surface area contributed by atoms with Gasteiger partial charge in [-0.1, -0.05) is 12.2 Å². The summed E-state index contributed by atoms with van der Waals surface area (Å²) in [6.45, 7) is 1.40. The number of allylic oxidation sites excluding steroid dienone is 2. The van der Waals surface area contributed by atoms with E-state index in [0.717, 1.165) is 0 Å². The Morgan fingerprint density at radius 1 is 1.08 bits per heavy atom. The first-order valence-electron chi connectivity index (χ1n) is 7.89. The Hall–Kier alpha value is -2.64. The highest BCUT2D eigenvalue weighted by Crippen LogP contribution is 2.25. The number of esters is 2. The molecule has 0 heterocycles. The molecule has 136 valence electrons. The first-order valence-corrected chi connectivity index (χ1v) is 7.89. The highest BCUT2D eigenvalue weighted by Gasteiger charge is 2.53. The van der Waals surface area contributed by atoms with Gasteiger partial charge in [0.05, 0.1) is 19.6 Å². The molecule has 0 spiro atoms. The maximum absolute atomic E-state index is 12.2. The van der Waals surface area contributed by atoms with Gasteiger partial charge in [0.25, 0.3) is 5.78 Å². The van der Waals surface area contributed by atoms with Gasteiger partial charge in [-0.15, -0.1) is 0 Å². The number of Topliss-reactive ketones (excluding diaryl/α,β-unsaturated/α-hetero) is 4. The van der Waals surface area contributed by atoms with Gasteiger partial charge in [0.1, 0.15) is 0 Å².